The maximum atomic E-state index is 3.20. The Hall–Kier alpha value is -7.16. The maximum Gasteiger partial charge on any atom is 0.0470 e. The molecule has 0 fully saturated rings. The molecule has 1 aromatic heterocycles. The first-order valence-corrected chi connectivity index (χ1v) is 21.5. The minimum absolute atomic E-state index is 0.106. The van der Waals surface area contributed by atoms with E-state index in [1.54, 1.807) is 0 Å². The summed E-state index contributed by atoms with van der Waals surface area (Å²) in [5.74, 6) is 0. The third kappa shape index (κ3) is 6.00. The summed E-state index contributed by atoms with van der Waals surface area (Å²) in [5.41, 5.74) is 25.2. The predicted molar refractivity (Wildman–Crippen MR) is 257 cm³/mol. The fourth-order valence-corrected chi connectivity index (χ4v) is 10.3. The van der Waals surface area contributed by atoms with Crippen molar-refractivity contribution in [3.05, 3.63) is 222 Å². The van der Waals surface area contributed by atoms with Gasteiger partial charge in [0.2, 0.25) is 0 Å². The molecule has 2 aliphatic carbocycles. The van der Waals surface area contributed by atoms with E-state index in [1.165, 1.54) is 94.6 Å². The molecule has 11 rings (SSSR count). The van der Waals surface area contributed by atoms with Gasteiger partial charge in [-0.05, 0) is 162 Å². The normalized spacial score (nSPS) is 13.9. The molecule has 294 valence electrons. The number of nitrogens with zero attached hydrogens (tertiary/aromatic N) is 1. The van der Waals surface area contributed by atoms with Gasteiger partial charge in [0, 0.05) is 40.3 Å². The molecule has 61 heavy (non-hydrogen) atoms. The van der Waals surface area contributed by atoms with Crippen LogP contribution in [-0.2, 0) is 10.8 Å². The first kappa shape index (κ1) is 36.9. The second-order valence-electron chi connectivity index (χ2n) is 18.0. The lowest BCUT2D eigenvalue weighted by Gasteiger charge is -2.27. The molecule has 0 radical (unpaired) electrons. The van der Waals surface area contributed by atoms with E-state index in [1.807, 2.05) is 12.4 Å². The molecule has 0 aliphatic heterocycles. The average molecular weight is 785 g/mol. The lowest BCUT2D eigenvalue weighted by Crippen LogP contribution is -2.17. The Morgan fingerprint density at radius 3 is 1.61 bits per heavy atom. The molecule has 2 nitrogen and oxygen atoms in total. The number of aromatic amines is 1. The first-order valence-electron chi connectivity index (χ1n) is 21.5. The first-order chi connectivity index (χ1) is 29.6. The minimum atomic E-state index is -0.176. The van der Waals surface area contributed by atoms with Crippen LogP contribution >= 0.6 is 0 Å². The number of H-pyrrole nitrogens is 1. The number of benzene rings is 8. The summed E-state index contributed by atoms with van der Waals surface area (Å²) in [5, 5.41) is 0. The predicted octanol–water partition coefficient (Wildman–Crippen LogP) is 16.1. The van der Waals surface area contributed by atoms with Crippen molar-refractivity contribution in [2.45, 2.75) is 45.4 Å². The van der Waals surface area contributed by atoms with Gasteiger partial charge in [0.25, 0.3) is 0 Å². The quantitative estimate of drug-likeness (QED) is 0.171. The smallest absolute Gasteiger partial charge is 0.0470 e. The second-order valence-corrected chi connectivity index (χ2v) is 18.0. The van der Waals surface area contributed by atoms with Crippen LogP contribution in [0.3, 0.4) is 0 Å². The highest BCUT2D eigenvalue weighted by Gasteiger charge is 2.42. The van der Waals surface area contributed by atoms with Crippen molar-refractivity contribution in [3.63, 3.8) is 0 Å². The Kier molecular flexibility index (Phi) is 8.44. The molecule has 0 spiro atoms. The third-order valence-electron chi connectivity index (χ3n) is 13.5. The Labute approximate surface area is 359 Å². The number of aromatic nitrogens is 1. The van der Waals surface area contributed by atoms with E-state index in [0.29, 0.717) is 0 Å². The summed E-state index contributed by atoms with van der Waals surface area (Å²) < 4.78 is 0. The zero-order valence-corrected chi connectivity index (χ0v) is 35.4. The van der Waals surface area contributed by atoms with E-state index in [0.717, 1.165) is 17.1 Å². The molecule has 9 aromatic rings. The van der Waals surface area contributed by atoms with Crippen molar-refractivity contribution >= 4 is 17.1 Å². The third-order valence-corrected chi connectivity index (χ3v) is 13.5. The van der Waals surface area contributed by atoms with Gasteiger partial charge in [-0.15, -0.1) is 0 Å². The standard InChI is InChI=1S/C59H48N2/c1-38-31-45(33-48(32-38)61(47-26-21-41(22-27-47)44-29-30-60-37-44)46-24-19-40(20-25-46)39-13-8-6-9-14-39)43-23-28-50-51-35-56-52(36-55(51)59(4,5)54(50)34-43)57-49(42-15-10-7-11-16-42)17-12-18-53(57)58(56,2)3/h6-37,60H,1-5H3. The van der Waals surface area contributed by atoms with Gasteiger partial charge in [0.1, 0.15) is 0 Å². The average Bonchev–Trinajstić information content (AvgIpc) is 3.97. The van der Waals surface area contributed by atoms with Crippen LogP contribution in [0.25, 0.3) is 66.8 Å². The van der Waals surface area contributed by atoms with Crippen LogP contribution in [0.1, 0.15) is 55.5 Å². The number of hydrogen-bond donors (Lipinski definition) is 1. The van der Waals surface area contributed by atoms with Crippen LogP contribution in [0, 0.1) is 6.92 Å². The van der Waals surface area contributed by atoms with Crippen LogP contribution in [0.5, 0.6) is 0 Å². The van der Waals surface area contributed by atoms with Gasteiger partial charge in [0.15, 0.2) is 0 Å². The maximum absolute atomic E-state index is 3.20. The fourth-order valence-electron chi connectivity index (χ4n) is 10.3. The minimum Gasteiger partial charge on any atom is -0.367 e. The van der Waals surface area contributed by atoms with Gasteiger partial charge in [-0.2, -0.15) is 0 Å². The fraction of sp³-hybridized carbons (Fsp3) is 0.119. The monoisotopic (exact) mass is 784 g/mol. The van der Waals surface area contributed by atoms with Gasteiger partial charge in [-0.25, -0.2) is 0 Å². The molecule has 0 saturated carbocycles. The Balaban J connectivity index is 1.00. The van der Waals surface area contributed by atoms with Gasteiger partial charge in [-0.1, -0.05) is 149 Å². The highest BCUT2D eigenvalue weighted by Crippen LogP contribution is 2.58. The highest BCUT2D eigenvalue weighted by atomic mass is 15.1. The van der Waals surface area contributed by atoms with Gasteiger partial charge in [0.05, 0.1) is 0 Å². The second kappa shape index (κ2) is 14.0. The van der Waals surface area contributed by atoms with Crippen molar-refractivity contribution < 1.29 is 0 Å². The lowest BCUT2D eigenvalue weighted by molar-refractivity contribution is 0.652. The van der Waals surface area contributed by atoms with E-state index in [4.69, 9.17) is 0 Å². The molecule has 0 saturated heterocycles. The summed E-state index contributed by atoms with van der Waals surface area (Å²) >= 11 is 0. The van der Waals surface area contributed by atoms with Crippen molar-refractivity contribution in [3.8, 4) is 66.8 Å². The summed E-state index contributed by atoms with van der Waals surface area (Å²) in [7, 11) is 0. The van der Waals surface area contributed by atoms with Crippen LogP contribution in [0.15, 0.2) is 194 Å². The van der Waals surface area contributed by atoms with E-state index in [2.05, 4.69) is 226 Å². The topological polar surface area (TPSA) is 19.0 Å². The molecule has 2 aliphatic rings. The molecule has 0 atom stereocenters. The Bertz CT molecular complexity index is 3100. The number of fused-ring (bicyclic) bond motifs is 6. The van der Waals surface area contributed by atoms with Gasteiger partial charge < -0.3 is 9.88 Å². The molecule has 2 heteroatoms. The van der Waals surface area contributed by atoms with Crippen molar-refractivity contribution in [1.82, 2.24) is 4.98 Å². The van der Waals surface area contributed by atoms with Crippen molar-refractivity contribution in [1.29, 1.82) is 0 Å². The molecule has 0 amide bonds. The largest absolute Gasteiger partial charge is 0.367 e. The number of anilines is 3. The number of nitrogens with one attached hydrogen (secondary N) is 1. The van der Waals surface area contributed by atoms with E-state index < -0.39 is 0 Å². The zero-order valence-electron chi connectivity index (χ0n) is 35.4. The summed E-state index contributed by atoms with van der Waals surface area (Å²) in [4.78, 5) is 5.60. The molecule has 0 unspecified atom stereocenters. The van der Waals surface area contributed by atoms with E-state index in [-0.39, 0.29) is 10.8 Å². The van der Waals surface area contributed by atoms with Crippen molar-refractivity contribution in [2.75, 3.05) is 4.90 Å². The van der Waals surface area contributed by atoms with E-state index in [9.17, 15) is 0 Å². The van der Waals surface area contributed by atoms with E-state index >= 15 is 0 Å². The van der Waals surface area contributed by atoms with Crippen molar-refractivity contribution in [2.24, 2.45) is 0 Å². The summed E-state index contributed by atoms with van der Waals surface area (Å²) in [6.45, 7) is 11.8. The van der Waals surface area contributed by atoms with Crippen LogP contribution in [0.4, 0.5) is 17.1 Å². The zero-order chi connectivity index (χ0) is 41.5. The highest BCUT2D eigenvalue weighted by molar-refractivity contribution is 5.96. The molecular formula is C59H48N2. The van der Waals surface area contributed by atoms with Crippen LogP contribution in [0.2, 0.25) is 0 Å². The molecule has 1 N–H and O–H groups in total. The summed E-state index contributed by atoms with van der Waals surface area (Å²) in [6.07, 6.45) is 4.02. The number of hydrogen-bond acceptors (Lipinski definition) is 1. The number of aryl methyl sites for hydroxylation is 1. The van der Waals surface area contributed by atoms with Gasteiger partial charge >= 0.3 is 0 Å². The SMILES string of the molecule is Cc1cc(-c2ccc3c(c2)C(C)(C)c2cc4c(cc2-3)C(C)(C)c2cccc(-c3ccccc3)c2-4)cc(N(c2ccc(-c3ccccc3)cc2)c2ccc(-c3cc[nH]c3)cc2)c1. The molecule has 1 heterocycles. The molecule has 0 bridgehead atoms. The lowest BCUT2D eigenvalue weighted by atomic mass is 9.79. The van der Waals surface area contributed by atoms with Crippen LogP contribution in [-0.4, -0.2) is 4.98 Å². The molecular weight excluding hydrogens is 737 g/mol. The number of rotatable bonds is 7. The van der Waals surface area contributed by atoms with Crippen LogP contribution < -0.4 is 4.90 Å². The van der Waals surface area contributed by atoms with Gasteiger partial charge in [-0.3, -0.25) is 0 Å². The Morgan fingerprint density at radius 2 is 0.934 bits per heavy atom. The summed E-state index contributed by atoms with van der Waals surface area (Å²) in [6, 6.07) is 67.7. The molecule has 8 aromatic carbocycles. The Morgan fingerprint density at radius 1 is 0.361 bits per heavy atom.